The molecule has 0 aromatic rings. The fraction of sp³-hybridized carbons (Fsp3) is 1.00. The molecule has 2 heteroatoms. The number of rotatable bonds is 5. The first-order valence-corrected chi connectivity index (χ1v) is 4.49. The van der Waals surface area contributed by atoms with E-state index in [2.05, 4.69) is 6.92 Å². The van der Waals surface area contributed by atoms with Crippen LogP contribution in [-0.2, 0) is 0 Å². The van der Waals surface area contributed by atoms with E-state index in [4.69, 9.17) is 16.7 Å². The average molecular weight is 165 g/mol. The van der Waals surface area contributed by atoms with E-state index in [1.165, 1.54) is 12.8 Å². The quantitative estimate of drug-likeness (QED) is 0.619. The molecule has 0 saturated carbocycles. The molecule has 0 saturated heterocycles. The Morgan fingerprint density at radius 3 is 2.40 bits per heavy atom. The fourth-order valence-corrected chi connectivity index (χ4v) is 1.33. The van der Waals surface area contributed by atoms with Gasteiger partial charge in [-0.2, -0.15) is 0 Å². The highest BCUT2D eigenvalue weighted by Gasteiger charge is 2.11. The standard InChI is InChI=1S/C8H17ClO/c1-3-4-5-8(6-9)7(2)10/h7-8,10H,3-6H2,1-2H3. The lowest BCUT2D eigenvalue weighted by Gasteiger charge is -2.15. The maximum atomic E-state index is 9.15. The van der Waals surface area contributed by atoms with Crippen LogP contribution in [0.1, 0.15) is 33.1 Å². The fourth-order valence-electron chi connectivity index (χ4n) is 0.914. The Morgan fingerprint density at radius 1 is 1.50 bits per heavy atom. The van der Waals surface area contributed by atoms with E-state index < -0.39 is 0 Å². The second-order valence-corrected chi connectivity index (χ2v) is 3.11. The Morgan fingerprint density at radius 2 is 2.10 bits per heavy atom. The number of alkyl halides is 1. The van der Waals surface area contributed by atoms with Gasteiger partial charge in [-0.3, -0.25) is 0 Å². The van der Waals surface area contributed by atoms with Crippen LogP contribution in [0.4, 0.5) is 0 Å². The minimum atomic E-state index is -0.246. The van der Waals surface area contributed by atoms with Crippen molar-refractivity contribution in [1.82, 2.24) is 0 Å². The molecule has 0 aliphatic heterocycles. The smallest absolute Gasteiger partial charge is 0.0551 e. The zero-order chi connectivity index (χ0) is 7.98. The highest BCUT2D eigenvalue weighted by molar-refractivity contribution is 6.18. The van der Waals surface area contributed by atoms with Crippen molar-refractivity contribution in [2.75, 3.05) is 5.88 Å². The minimum absolute atomic E-state index is 0.246. The van der Waals surface area contributed by atoms with Gasteiger partial charge in [-0.25, -0.2) is 0 Å². The lowest BCUT2D eigenvalue weighted by molar-refractivity contribution is 0.130. The topological polar surface area (TPSA) is 20.2 Å². The van der Waals surface area contributed by atoms with Crippen molar-refractivity contribution in [2.24, 2.45) is 5.92 Å². The molecule has 0 heterocycles. The van der Waals surface area contributed by atoms with Crippen molar-refractivity contribution in [1.29, 1.82) is 0 Å². The van der Waals surface area contributed by atoms with E-state index in [-0.39, 0.29) is 6.10 Å². The molecule has 1 N–H and O–H groups in total. The van der Waals surface area contributed by atoms with Crippen LogP contribution in [0, 0.1) is 5.92 Å². The van der Waals surface area contributed by atoms with Gasteiger partial charge in [-0.15, -0.1) is 11.6 Å². The van der Waals surface area contributed by atoms with Gasteiger partial charge in [0.05, 0.1) is 6.10 Å². The highest BCUT2D eigenvalue weighted by atomic mass is 35.5. The Bertz CT molecular complexity index is 73.7. The Kier molecular flexibility index (Phi) is 6.14. The number of unbranched alkanes of at least 4 members (excludes halogenated alkanes) is 1. The summed E-state index contributed by atoms with van der Waals surface area (Å²) in [4.78, 5) is 0. The van der Waals surface area contributed by atoms with Gasteiger partial charge in [-0.05, 0) is 19.3 Å². The maximum Gasteiger partial charge on any atom is 0.0551 e. The van der Waals surface area contributed by atoms with Crippen LogP contribution in [0.3, 0.4) is 0 Å². The Hall–Kier alpha value is 0.250. The summed E-state index contributed by atoms with van der Waals surface area (Å²) in [6, 6.07) is 0. The molecule has 0 bridgehead atoms. The van der Waals surface area contributed by atoms with E-state index in [0.717, 1.165) is 6.42 Å². The van der Waals surface area contributed by atoms with Crippen molar-refractivity contribution >= 4 is 11.6 Å². The van der Waals surface area contributed by atoms with E-state index in [0.29, 0.717) is 11.8 Å². The van der Waals surface area contributed by atoms with Crippen LogP contribution in [0.25, 0.3) is 0 Å². The first-order valence-electron chi connectivity index (χ1n) is 3.96. The molecule has 0 aromatic heterocycles. The molecule has 1 nitrogen and oxygen atoms in total. The molecule has 0 rings (SSSR count). The molecule has 0 aromatic carbocycles. The summed E-state index contributed by atoms with van der Waals surface area (Å²) in [6.07, 6.45) is 3.16. The molecular formula is C8H17ClO. The molecule has 2 unspecified atom stereocenters. The Labute approximate surface area is 68.4 Å². The van der Waals surface area contributed by atoms with Gasteiger partial charge in [0.2, 0.25) is 0 Å². The number of aliphatic hydroxyl groups excluding tert-OH is 1. The second-order valence-electron chi connectivity index (χ2n) is 2.80. The van der Waals surface area contributed by atoms with Gasteiger partial charge in [0.1, 0.15) is 0 Å². The molecule has 0 fully saturated rings. The minimum Gasteiger partial charge on any atom is -0.393 e. The lowest BCUT2D eigenvalue weighted by Crippen LogP contribution is -2.17. The number of halogens is 1. The predicted octanol–water partition coefficient (Wildman–Crippen LogP) is 2.41. The third kappa shape index (κ3) is 4.13. The lowest BCUT2D eigenvalue weighted by atomic mass is 9.99. The SMILES string of the molecule is CCCCC(CCl)C(C)O. The van der Waals surface area contributed by atoms with Crippen molar-refractivity contribution in [2.45, 2.75) is 39.2 Å². The molecule has 0 aliphatic rings. The van der Waals surface area contributed by atoms with E-state index in [1.54, 1.807) is 0 Å². The van der Waals surface area contributed by atoms with Crippen LogP contribution >= 0.6 is 11.6 Å². The van der Waals surface area contributed by atoms with Gasteiger partial charge in [-0.1, -0.05) is 19.8 Å². The summed E-state index contributed by atoms with van der Waals surface area (Å²) in [5, 5.41) is 9.15. The van der Waals surface area contributed by atoms with Crippen LogP contribution in [-0.4, -0.2) is 17.1 Å². The van der Waals surface area contributed by atoms with Gasteiger partial charge < -0.3 is 5.11 Å². The maximum absolute atomic E-state index is 9.15. The van der Waals surface area contributed by atoms with Gasteiger partial charge in [0, 0.05) is 5.88 Å². The Balaban J connectivity index is 3.40. The van der Waals surface area contributed by atoms with Crippen LogP contribution in [0.5, 0.6) is 0 Å². The summed E-state index contributed by atoms with van der Waals surface area (Å²) >= 11 is 5.64. The molecule has 2 atom stereocenters. The molecular weight excluding hydrogens is 148 g/mol. The number of aliphatic hydroxyl groups is 1. The van der Waals surface area contributed by atoms with Gasteiger partial charge in [0.25, 0.3) is 0 Å². The van der Waals surface area contributed by atoms with Gasteiger partial charge in [0.15, 0.2) is 0 Å². The van der Waals surface area contributed by atoms with Crippen molar-refractivity contribution in [3.8, 4) is 0 Å². The summed E-state index contributed by atoms with van der Waals surface area (Å²) < 4.78 is 0. The molecule has 0 radical (unpaired) electrons. The molecule has 10 heavy (non-hydrogen) atoms. The molecule has 62 valence electrons. The summed E-state index contributed by atoms with van der Waals surface area (Å²) in [7, 11) is 0. The van der Waals surface area contributed by atoms with Crippen LogP contribution in [0.15, 0.2) is 0 Å². The molecule has 0 aliphatic carbocycles. The highest BCUT2D eigenvalue weighted by Crippen LogP contribution is 2.14. The zero-order valence-corrected chi connectivity index (χ0v) is 7.56. The largest absolute Gasteiger partial charge is 0.393 e. The van der Waals surface area contributed by atoms with E-state index in [1.807, 2.05) is 6.92 Å². The van der Waals surface area contributed by atoms with Crippen LogP contribution in [0.2, 0.25) is 0 Å². The first kappa shape index (κ1) is 10.2. The van der Waals surface area contributed by atoms with Crippen molar-refractivity contribution < 1.29 is 5.11 Å². The monoisotopic (exact) mass is 164 g/mol. The zero-order valence-electron chi connectivity index (χ0n) is 6.81. The molecule has 0 amide bonds. The van der Waals surface area contributed by atoms with Crippen LogP contribution < -0.4 is 0 Å². The third-order valence-corrected chi connectivity index (χ3v) is 2.21. The first-order chi connectivity index (χ1) is 4.72. The summed E-state index contributed by atoms with van der Waals surface area (Å²) in [5.74, 6) is 0.874. The van der Waals surface area contributed by atoms with Crippen molar-refractivity contribution in [3.05, 3.63) is 0 Å². The number of hydrogen-bond donors (Lipinski definition) is 1. The average Bonchev–Trinajstić information content (AvgIpc) is 1.89. The second kappa shape index (κ2) is 5.99. The molecule has 0 spiro atoms. The van der Waals surface area contributed by atoms with Crippen molar-refractivity contribution in [3.63, 3.8) is 0 Å². The normalized spacial score (nSPS) is 16.8. The van der Waals surface area contributed by atoms with E-state index >= 15 is 0 Å². The van der Waals surface area contributed by atoms with E-state index in [9.17, 15) is 0 Å². The van der Waals surface area contributed by atoms with Gasteiger partial charge >= 0.3 is 0 Å². The summed E-state index contributed by atoms with van der Waals surface area (Å²) in [6.45, 7) is 3.95. The predicted molar refractivity (Wildman–Crippen MR) is 45.4 cm³/mol. The summed E-state index contributed by atoms with van der Waals surface area (Å²) in [5.41, 5.74) is 0. The number of hydrogen-bond acceptors (Lipinski definition) is 1. The third-order valence-electron chi connectivity index (χ3n) is 1.81.